The predicted octanol–water partition coefficient (Wildman–Crippen LogP) is 1.01. The summed E-state index contributed by atoms with van der Waals surface area (Å²) in [5.74, 6) is -0.945. The molecule has 1 aliphatic carbocycles. The number of rotatable bonds is 4. The molecule has 0 unspecified atom stereocenters. The number of carbonyl (C=O) groups excluding carboxylic acids is 2. The van der Waals surface area contributed by atoms with Gasteiger partial charge in [-0.1, -0.05) is 19.3 Å². The van der Waals surface area contributed by atoms with E-state index in [2.05, 4.69) is 9.97 Å². The van der Waals surface area contributed by atoms with Gasteiger partial charge in [-0.3, -0.25) is 4.79 Å². The molecule has 7 heteroatoms. The third-order valence-corrected chi connectivity index (χ3v) is 3.76. The largest absolute Gasteiger partial charge is 0.451 e. The van der Waals surface area contributed by atoms with Crippen molar-refractivity contribution in [3.05, 3.63) is 18.1 Å². The Bertz CT molecular complexity index is 515. The molecule has 1 amide bonds. The number of nitrogens with two attached hydrogens (primary N) is 1. The van der Waals surface area contributed by atoms with Crippen molar-refractivity contribution in [1.82, 2.24) is 14.9 Å². The van der Waals surface area contributed by atoms with Crippen molar-refractivity contribution in [3.8, 4) is 0 Å². The van der Waals surface area contributed by atoms with Crippen molar-refractivity contribution < 1.29 is 14.3 Å². The lowest BCUT2D eigenvalue weighted by Crippen LogP contribution is -2.40. The van der Waals surface area contributed by atoms with E-state index in [1.165, 1.54) is 18.8 Å². The number of esters is 1. The number of ether oxygens (including phenoxy) is 1. The van der Waals surface area contributed by atoms with Crippen LogP contribution in [0.4, 0.5) is 5.82 Å². The Kier molecular flexibility index (Phi) is 5.08. The SMILES string of the molecule is CN(C(=O)COC(=O)c1nccnc1N)C1CCCCC1. The number of hydrogen-bond acceptors (Lipinski definition) is 6. The van der Waals surface area contributed by atoms with Gasteiger partial charge in [0, 0.05) is 25.5 Å². The van der Waals surface area contributed by atoms with Gasteiger partial charge in [-0.05, 0) is 12.8 Å². The quantitative estimate of drug-likeness (QED) is 0.831. The Morgan fingerprint density at radius 2 is 1.95 bits per heavy atom. The van der Waals surface area contributed by atoms with Gasteiger partial charge in [0.25, 0.3) is 5.91 Å². The van der Waals surface area contributed by atoms with E-state index in [0.29, 0.717) is 0 Å². The molecular weight excluding hydrogens is 272 g/mol. The number of anilines is 1. The number of nitrogen functional groups attached to an aromatic ring is 1. The van der Waals surface area contributed by atoms with Crippen LogP contribution in [0.2, 0.25) is 0 Å². The Balaban J connectivity index is 1.86. The number of aromatic nitrogens is 2. The minimum absolute atomic E-state index is 0.00409. The van der Waals surface area contributed by atoms with Crippen LogP contribution in [0.5, 0.6) is 0 Å². The molecule has 1 aromatic rings. The summed E-state index contributed by atoms with van der Waals surface area (Å²) in [6, 6.07) is 0.242. The van der Waals surface area contributed by atoms with E-state index in [1.54, 1.807) is 11.9 Å². The first-order chi connectivity index (χ1) is 10.1. The lowest BCUT2D eigenvalue weighted by Gasteiger charge is -2.31. The second-order valence-electron chi connectivity index (χ2n) is 5.16. The lowest BCUT2D eigenvalue weighted by molar-refractivity contribution is -0.135. The fourth-order valence-electron chi connectivity index (χ4n) is 2.48. The molecule has 0 radical (unpaired) electrons. The summed E-state index contributed by atoms with van der Waals surface area (Å²) >= 11 is 0. The molecule has 21 heavy (non-hydrogen) atoms. The van der Waals surface area contributed by atoms with E-state index < -0.39 is 5.97 Å². The second kappa shape index (κ2) is 7.01. The molecule has 0 spiro atoms. The van der Waals surface area contributed by atoms with Gasteiger partial charge in [-0.25, -0.2) is 14.8 Å². The van der Waals surface area contributed by atoms with Crippen molar-refractivity contribution in [3.63, 3.8) is 0 Å². The normalized spacial score (nSPS) is 15.5. The summed E-state index contributed by atoms with van der Waals surface area (Å²) in [6.07, 6.45) is 8.24. The summed E-state index contributed by atoms with van der Waals surface area (Å²) < 4.78 is 4.97. The predicted molar refractivity (Wildman–Crippen MR) is 76.4 cm³/mol. The Hall–Kier alpha value is -2.18. The minimum atomic E-state index is -0.731. The lowest BCUT2D eigenvalue weighted by atomic mass is 9.94. The molecule has 0 bridgehead atoms. The highest BCUT2D eigenvalue weighted by molar-refractivity contribution is 5.93. The fraction of sp³-hybridized carbons (Fsp3) is 0.571. The molecule has 1 saturated carbocycles. The summed E-state index contributed by atoms with van der Waals surface area (Å²) in [5.41, 5.74) is 5.47. The molecule has 7 nitrogen and oxygen atoms in total. The van der Waals surface area contributed by atoms with E-state index in [9.17, 15) is 9.59 Å². The van der Waals surface area contributed by atoms with Crippen LogP contribution in [0.15, 0.2) is 12.4 Å². The van der Waals surface area contributed by atoms with Crippen molar-refractivity contribution >= 4 is 17.7 Å². The molecule has 1 aromatic heterocycles. The second-order valence-corrected chi connectivity index (χ2v) is 5.16. The Labute approximate surface area is 123 Å². The number of nitrogens with zero attached hydrogens (tertiary/aromatic N) is 3. The number of likely N-dealkylation sites (N-methyl/N-ethyl adjacent to an activating group) is 1. The molecule has 0 saturated heterocycles. The number of carbonyl (C=O) groups is 2. The van der Waals surface area contributed by atoms with Crippen LogP contribution >= 0.6 is 0 Å². The minimum Gasteiger partial charge on any atom is -0.451 e. The molecule has 2 N–H and O–H groups in total. The van der Waals surface area contributed by atoms with Crippen molar-refractivity contribution in [2.24, 2.45) is 0 Å². The van der Waals surface area contributed by atoms with Gasteiger partial charge in [0.05, 0.1) is 0 Å². The third kappa shape index (κ3) is 3.90. The molecule has 0 aromatic carbocycles. The van der Waals surface area contributed by atoms with Crippen molar-refractivity contribution in [2.45, 2.75) is 38.1 Å². The van der Waals surface area contributed by atoms with Gasteiger partial charge in [0.15, 0.2) is 18.1 Å². The number of amides is 1. The molecule has 0 aliphatic heterocycles. The maximum atomic E-state index is 12.0. The zero-order valence-corrected chi connectivity index (χ0v) is 12.1. The first kappa shape index (κ1) is 15.2. The van der Waals surface area contributed by atoms with Crippen molar-refractivity contribution in [2.75, 3.05) is 19.4 Å². The van der Waals surface area contributed by atoms with Crippen LogP contribution in [-0.4, -0.2) is 46.4 Å². The Morgan fingerprint density at radius 1 is 1.29 bits per heavy atom. The van der Waals surface area contributed by atoms with Gasteiger partial charge in [-0.15, -0.1) is 0 Å². The first-order valence-corrected chi connectivity index (χ1v) is 7.09. The average Bonchev–Trinajstić information content (AvgIpc) is 2.52. The molecular formula is C14H20N4O3. The molecule has 0 atom stereocenters. The molecule has 1 fully saturated rings. The van der Waals surface area contributed by atoms with E-state index in [0.717, 1.165) is 25.7 Å². The summed E-state index contributed by atoms with van der Waals surface area (Å²) in [4.78, 5) is 33.1. The summed E-state index contributed by atoms with van der Waals surface area (Å²) in [6.45, 7) is -0.304. The smallest absolute Gasteiger partial charge is 0.361 e. The van der Waals surface area contributed by atoms with E-state index >= 15 is 0 Å². The van der Waals surface area contributed by atoms with E-state index in [-0.39, 0.29) is 30.1 Å². The maximum Gasteiger partial charge on any atom is 0.361 e. The van der Waals surface area contributed by atoms with Crippen LogP contribution in [0.25, 0.3) is 0 Å². The highest BCUT2D eigenvalue weighted by Crippen LogP contribution is 2.21. The van der Waals surface area contributed by atoms with Gasteiger partial charge >= 0.3 is 5.97 Å². The highest BCUT2D eigenvalue weighted by Gasteiger charge is 2.23. The summed E-state index contributed by atoms with van der Waals surface area (Å²) in [7, 11) is 1.75. The van der Waals surface area contributed by atoms with Gasteiger partial charge < -0.3 is 15.4 Å². The Morgan fingerprint density at radius 3 is 2.62 bits per heavy atom. The van der Waals surface area contributed by atoms with Gasteiger partial charge in [0.1, 0.15) is 0 Å². The zero-order valence-electron chi connectivity index (χ0n) is 12.1. The first-order valence-electron chi connectivity index (χ1n) is 7.09. The van der Waals surface area contributed by atoms with Crippen LogP contribution < -0.4 is 5.73 Å². The van der Waals surface area contributed by atoms with Gasteiger partial charge in [-0.2, -0.15) is 0 Å². The standard InChI is InChI=1S/C14H20N4O3/c1-18(10-5-3-2-4-6-10)11(19)9-21-14(20)12-13(15)17-8-7-16-12/h7-8,10H,2-6,9H2,1H3,(H2,15,17). The molecule has 1 aliphatic rings. The summed E-state index contributed by atoms with van der Waals surface area (Å²) in [5, 5.41) is 0. The maximum absolute atomic E-state index is 12.0. The molecule has 114 valence electrons. The topological polar surface area (TPSA) is 98.4 Å². The molecule has 2 rings (SSSR count). The van der Waals surface area contributed by atoms with Gasteiger partial charge in [0.2, 0.25) is 0 Å². The van der Waals surface area contributed by atoms with E-state index in [1.807, 2.05) is 0 Å². The highest BCUT2D eigenvalue weighted by atomic mass is 16.5. The van der Waals surface area contributed by atoms with Crippen LogP contribution in [0.3, 0.4) is 0 Å². The van der Waals surface area contributed by atoms with E-state index in [4.69, 9.17) is 10.5 Å². The fourth-order valence-corrected chi connectivity index (χ4v) is 2.48. The van der Waals surface area contributed by atoms with Crippen LogP contribution in [0.1, 0.15) is 42.6 Å². The molecule has 1 heterocycles. The van der Waals surface area contributed by atoms with Crippen LogP contribution in [-0.2, 0) is 9.53 Å². The van der Waals surface area contributed by atoms with Crippen LogP contribution in [0, 0.1) is 0 Å². The number of hydrogen-bond donors (Lipinski definition) is 1. The van der Waals surface area contributed by atoms with Crippen molar-refractivity contribution in [1.29, 1.82) is 0 Å². The zero-order chi connectivity index (χ0) is 15.2. The monoisotopic (exact) mass is 292 g/mol. The third-order valence-electron chi connectivity index (χ3n) is 3.76. The average molecular weight is 292 g/mol.